The van der Waals surface area contributed by atoms with Crippen molar-refractivity contribution < 1.29 is 14.6 Å². The zero-order valence-corrected chi connectivity index (χ0v) is 9.06. The summed E-state index contributed by atoms with van der Waals surface area (Å²) in [6.45, 7) is 3.82. The summed E-state index contributed by atoms with van der Waals surface area (Å²) >= 11 is 0. The van der Waals surface area contributed by atoms with E-state index in [1.165, 1.54) is 0 Å². The van der Waals surface area contributed by atoms with E-state index in [4.69, 9.17) is 9.84 Å². The minimum Gasteiger partial charge on any atom is -0.494 e. The molecule has 1 aromatic rings. The quantitative estimate of drug-likeness (QED) is 0.808. The first-order valence-corrected chi connectivity index (χ1v) is 4.93. The molecule has 0 atom stereocenters. The summed E-state index contributed by atoms with van der Waals surface area (Å²) in [6, 6.07) is 9.39. The van der Waals surface area contributed by atoms with Crippen molar-refractivity contribution in [3.05, 3.63) is 30.3 Å². The molecule has 1 N–H and O–H groups in total. The molecular formula is C12H16O3. The normalized spacial score (nSPS) is 11.1. The predicted molar refractivity (Wildman–Crippen MR) is 58.0 cm³/mol. The molecule has 0 aromatic heterocycles. The Labute approximate surface area is 89.7 Å². The van der Waals surface area contributed by atoms with Crippen molar-refractivity contribution in [2.24, 2.45) is 5.41 Å². The van der Waals surface area contributed by atoms with E-state index < -0.39 is 11.4 Å². The lowest BCUT2D eigenvalue weighted by Gasteiger charge is -2.18. The maximum absolute atomic E-state index is 10.8. The lowest BCUT2D eigenvalue weighted by molar-refractivity contribution is -0.147. The maximum Gasteiger partial charge on any atom is 0.309 e. The summed E-state index contributed by atoms with van der Waals surface area (Å²) in [5, 5.41) is 8.88. The maximum atomic E-state index is 10.8. The Bertz CT molecular complexity index is 317. The number of hydrogen-bond acceptors (Lipinski definition) is 2. The van der Waals surface area contributed by atoms with Gasteiger partial charge >= 0.3 is 5.97 Å². The van der Waals surface area contributed by atoms with Crippen LogP contribution in [-0.2, 0) is 4.79 Å². The minimum absolute atomic E-state index is 0.420. The number of para-hydroxylation sites is 1. The molecule has 0 heterocycles. The topological polar surface area (TPSA) is 46.5 Å². The van der Waals surface area contributed by atoms with Crippen LogP contribution < -0.4 is 4.74 Å². The van der Waals surface area contributed by atoms with Crippen molar-refractivity contribution in [3.8, 4) is 5.75 Å². The molecule has 15 heavy (non-hydrogen) atoms. The van der Waals surface area contributed by atoms with Gasteiger partial charge in [-0.25, -0.2) is 0 Å². The molecule has 3 nitrogen and oxygen atoms in total. The highest BCUT2D eigenvalue weighted by atomic mass is 16.5. The highest BCUT2D eigenvalue weighted by molar-refractivity contribution is 5.73. The van der Waals surface area contributed by atoms with Gasteiger partial charge in [0.25, 0.3) is 0 Å². The first-order valence-electron chi connectivity index (χ1n) is 4.93. The van der Waals surface area contributed by atoms with Gasteiger partial charge in [-0.3, -0.25) is 4.79 Å². The number of carbonyl (C=O) groups is 1. The summed E-state index contributed by atoms with van der Waals surface area (Å²) in [5.74, 6) is -0.0159. The Balaban J connectivity index is 2.37. The van der Waals surface area contributed by atoms with Crippen LogP contribution in [0.1, 0.15) is 20.3 Å². The average Bonchev–Trinajstić information content (AvgIpc) is 2.19. The van der Waals surface area contributed by atoms with Crippen molar-refractivity contribution in [1.29, 1.82) is 0 Å². The van der Waals surface area contributed by atoms with E-state index in [2.05, 4.69) is 0 Å². The largest absolute Gasteiger partial charge is 0.494 e. The molecule has 1 aromatic carbocycles. The Morgan fingerprint density at radius 2 is 1.93 bits per heavy atom. The zero-order valence-electron chi connectivity index (χ0n) is 9.06. The van der Waals surface area contributed by atoms with Crippen LogP contribution >= 0.6 is 0 Å². The number of aliphatic carboxylic acids is 1. The number of ether oxygens (including phenoxy) is 1. The van der Waals surface area contributed by atoms with E-state index >= 15 is 0 Å². The van der Waals surface area contributed by atoms with Crippen LogP contribution in [0, 0.1) is 5.41 Å². The van der Waals surface area contributed by atoms with Gasteiger partial charge in [-0.05, 0) is 32.4 Å². The predicted octanol–water partition coefficient (Wildman–Crippen LogP) is 2.57. The van der Waals surface area contributed by atoms with Crippen molar-refractivity contribution in [1.82, 2.24) is 0 Å². The molecule has 3 heteroatoms. The molecule has 0 saturated heterocycles. The summed E-state index contributed by atoms with van der Waals surface area (Å²) in [7, 11) is 0. The summed E-state index contributed by atoms with van der Waals surface area (Å²) < 4.78 is 5.43. The second kappa shape index (κ2) is 4.82. The molecule has 0 aliphatic rings. The van der Waals surface area contributed by atoms with Gasteiger partial charge in [0, 0.05) is 0 Å². The molecule has 0 unspecified atom stereocenters. The smallest absolute Gasteiger partial charge is 0.309 e. The zero-order chi connectivity index (χ0) is 11.3. The molecule has 0 amide bonds. The van der Waals surface area contributed by atoms with Crippen molar-refractivity contribution in [2.45, 2.75) is 20.3 Å². The van der Waals surface area contributed by atoms with Crippen molar-refractivity contribution in [3.63, 3.8) is 0 Å². The van der Waals surface area contributed by atoms with Crippen LogP contribution in [0.5, 0.6) is 5.75 Å². The second-order valence-electron chi connectivity index (χ2n) is 4.10. The van der Waals surface area contributed by atoms with Gasteiger partial charge in [0.2, 0.25) is 0 Å². The highest BCUT2D eigenvalue weighted by Crippen LogP contribution is 2.21. The molecule has 0 aliphatic carbocycles. The number of benzene rings is 1. The van der Waals surface area contributed by atoms with Gasteiger partial charge in [0.1, 0.15) is 5.75 Å². The van der Waals surface area contributed by atoms with Crippen LogP contribution in [0.4, 0.5) is 0 Å². The van der Waals surface area contributed by atoms with Crippen LogP contribution in [-0.4, -0.2) is 17.7 Å². The molecule has 0 bridgehead atoms. The average molecular weight is 208 g/mol. The van der Waals surface area contributed by atoms with Crippen molar-refractivity contribution >= 4 is 5.97 Å². The fraction of sp³-hybridized carbons (Fsp3) is 0.417. The molecule has 82 valence electrons. The van der Waals surface area contributed by atoms with E-state index in [-0.39, 0.29) is 0 Å². The van der Waals surface area contributed by atoms with Crippen LogP contribution in [0.3, 0.4) is 0 Å². The van der Waals surface area contributed by atoms with Gasteiger partial charge in [-0.2, -0.15) is 0 Å². The molecule has 0 saturated carbocycles. The third-order valence-corrected chi connectivity index (χ3v) is 2.32. The summed E-state index contributed by atoms with van der Waals surface area (Å²) in [4.78, 5) is 10.8. The van der Waals surface area contributed by atoms with E-state index in [9.17, 15) is 4.79 Å². The van der Waals surface area contributed by atoms with Gasteiger partial charge < -0.3 is 9.84 Å². The monoisotopic (exact) mass is 208 g/mol. The van der Waals surface area contributed by atoms with Gasteiger partial charge in [-0.1, -0.05) is 18.2 Å². The Morgan fingerprint density at radius 3 is 2.47 bits per heavy atom. The fourth-order valence-electron chi connectivity index (χ4n) is 1.05. The van der Waals surface area contributed by atoms with E-state index in [1.54, 1.807) is 13.8 Å². The first kappa shape index (κ1) is 11.6. The third-order valence-electron chi connectivity index (χ3n) is 2.32. The van der Waals surface area contributed by atoms with E-state index in [1.807, 2.05) is 30.3 Å². The fourth-order valence-corrected chi connectivity index (χ4v) is 1.05. The van der Waals surface area contributed by atoms with E-state index in [0.717, 1.165) is 5.75 Å². The van der Waals surface area contributed by atoms with Gasteiger partial charge in [0.15, 0.2) is 0 Å². The molecular weight excluding hydrogens is 192 g/mol. The summed E-state index contributed by atoms with van der Waals surface area (Å²) in [5.41, 5.74) is -0.727. The minimum atomic E-state index is -0.792. The lowest BCUT2D eigenvalue weighted by atomic mass is 9.90. The Hall–Kier alpha value is -1.51. The number of carboxylic acids is 1. The standard InChI is InChI=1S/C12H16O3/c1-12(2,11(13)14)8-9-15-10-6-4-3-5-7-10/h3-7H,8-9H2,1-2H3,(H,13,14). The first-order chi connectivity index (χ1) is 7.02. The number of rotatable bonds is 5. The number of carboxylic acid groups (broad SMARTS) is 1. The van der Waals surface area contributed by atoms with Crippen LogP contribution in [0.2, 0.25) is 0 Å². The third kappa shape index (κ3) is 3.62. The van der Waals surface area contributed by atoms with Gasteiger partial charge in [-0.15, -0.1) is 0 Å². The Kier molecular flexibility index (Phi) is 3.72. The lowest BCUT2D eigenvalue weighted by Crippen LogP contribution is -2.25. The van der Waals surface area contributed by atoms with Crippen molar-refractivity contribution in [2.75, 3.05) is 6.61 Å². The molecule has 1 rings (SSSR count). The Morgan fingerprint density at radius 1 is 1.33 bits per heavy atom. The van der Waals surface area contributed by atoms with Crippen LogP contribution in [0.15, 0.2) is 30.3 Å². The van der Waals surface area contributed by atoms with Gasteiger partial charge in [0.05, 0.1) is 12.0 Å². The molecule has 0 aliphatic heterocycles. The van der Waals surface area contributed by atoms with Crippen LogP contribution in [0.25, 0.3) is 0 Å². The SMILES string of the molecule is CC(C)(CCOc1ccccc1)C(=O)O. The molecule has 0 fully saturated rings. The number of hydrogen-bond donors (Lipinski definition) is 1. The molecule has 0 radical (unpaired) electrons. The molecule has 0 spiro atoms. The summed E-state index contributed by atoms with van der Waals surface area (Å²) in [6.07, 6.45) is 0.497. The van der Waals surface area contributed by atoms with E-state index in [0.29, 0.717) is 13.0 Å². The second-order valence-corrected chi connectivity index (χ2v) is 4.10. The highest BCUT2D eigenvalue weighted by Gasteiger charge is 2.26.